The number of hydrogen-bond acceptors (Lipinski definition) is 5. The second-order valence-corrected chi connectivity index (χ2v) is 28.5. The van der Waals surface area contributed by atoms with Gasteiger partial charge in [0.1, 0.15) is 0 Å². The summed E-state index contributed by atoms with van der Waals surface area (Å²) in [5.41, 5.74) is 0. The SMILES string of the molecule is CCC/C=C\C/C=C\CCCCCCCC(=O)OCCCCCCCCCCCCCCCCCCCCCCCCCCCCCCCCCCCCCC(=O)NC(CO)C(O)/C=C/CCCCCCCCCCCCCCCCCCCCCCCCC. The van der Waals surface area contributed by atoms with Crippen molar-refractivity contribution >= 4 is 11.9 Å². The van der Waals surface area contributed by atoms with Crippen LogP contribution in [0.4, 0.5) is 0 Å². The van der Waals surface area contributed by atoms with Crippen molar-refractivity contribution in [3.05, 3.63) is 36.5 Å². The van der Waals surface area contributed by atoms with E-state index in [1.54, 1.807) is 6.08 Å². The van der Waals surface area contributed by atoms with E-state index in [4.69, 9.17) is 4.74 Å². The molecule has 0 aromatic heterocycles. The molecule has 0 rings (SSSR count). The minimum absolute atomic E-state index is 0.00761. The van der Waals surface area contributed by atoms with Gasteiger partial charge in [-0.3, -0.25) is 9.59 Å². The smallest absolute Gasteiger partial charge is 0.305 e. The Morgan fingerprint density at radius 2 is 0.578 bits per heavy atom. The van der Waals surface area contributed by atoms with Crippen molar-refractivity contribution in [1.29, 1.82) is 0 Å². The van der Waals surface area contributed by atoms with Crippen LogP contribution in [0.1, 0.15) is 463 Å². The van der Waals surface area contributed by atoms with E-state index in [-0.39, 0.29) is 18.5 Å². The van der Waals surface area contributed by atoms with Crippen LogP contribution in [0.15, 0.2) is 36.5 Å². The number of unbranched alkanes of at least 4 members (excludes halogenated alkanes) is 63. The molecule has 6 nitrogen and oxygen atoms in total. The number of amides is 1. The largest absolute Gasteiger partial charge is 0.466 e. The lowest BCUT2D eigenvalue weighted by atomic mass is 10.0. The third-order valence-electron chi connectivity index (χ3n) is 19.4. The second kappa shape index (κ2) is 79.5. The molecule has 0 radical (unpaired) electrons. The maximum atomic E-state index is 12.6. The molecule has 0 saturated carbocycles. The van der Waals surface area contributed by atoms with E-state index in [1.165, 1.54) is 385 Å². The summed E-state index contributed by atoms with van der Waals surface area (Å²) in [6.45, 7) is 4.89. The van der Waals surface area contributed by atoms with Crippen LogP contribution in [0.25, 0.3) is 0 Å². The molecule has 3 N–H and O–H groups in total. The van der Waals surface area contributed by atoms with Crippen molar-refractivity contribution in [2.75, 3.05) is 13.2 Å². The van der Waals surface area contributed by atoms with Crippen LogP contribution < -0.4 is 5.32 Å². The van der Waals surface area contributed by atoms with E-state index in [9.17, 15) is 19.8 Å². The number of allylic oxidation sites excluding steroid dienone is 5. The highest BCUT2D eigenvalue weighted by molar-refractivity contribution is 5.76. The van der Waals surface area contributed by atoms with E-state index in [2.05, 4.69) is 43.5 Å². The lowest BCUT2D eigenvalue weighted by Gasteiger charge is -2.20. The highest BCUT2D eigenvalue weighted by Crippen LogP contribution is 2.20. The molecule has 0 aliphatic rings. The van der Waals surface area contributed by atoms with Gasteiger partial charge in [0.05, 0.1) is 25.4 Å². The van der Waals surface area contributed by atoms with Crippen LogP contribution in [0.5, 0.6) is 0 Å². The lowest BCUT2D eigenvalue weighted by Crippen LogP contribution is -2.45. The molecule has 0 aliphatic carbocycles. The zero-order valence-electron chi connectivity index (χ0n) is 61.1. The van der Waals surface area contributed by atoms with Crippen molar-refractivity contribution in [3.8, 4) is 0 Å². The van der Waals surface area contributed by atoms with Gasteiger partial charge < -0.3 is 20.3 Å². The average Bonchev–Trinajstić information content (AvgIpc) is 3.62. The highest BCUT2D eigenvalue weighted by Gasteiger charge is 2.18. The van der Waals surface area contributed by atoms with Crippen molar-refractivity contribution in [1.82, 2.24) is 5.32 Å². The second-order valence-electron chi connectivity index (χ2n) is 28.5. The molecule has 532 valence electrons. The van der Waals surface area contributed by atoms with Crippen molar-refractivity contribution in [3.63, 3.8) is 0 Å². The maximum absolute atomic E-state index is 12.6. The lowest BCUT2D eigenvalue weighted by molar-refractivity contribution is -0.143. The molecular weight excluding hydrogens is 1100 g/mol. The fourth-order valence-electron chi connectivity index (χ4n) is 13.2. The number of esters is 1. The van der Waals surface area contributed by atoms with Gasteiger partial charge in [-0.25, -0.2) is 0 Å². The summed E-state index contributed by atoms with van der Waals surface area (Å²) >= 11 is 0. The molecule has 90 heavy (non-hydrogen) atoms. The minimum Gasteiger partial charge on any atom is -0.466 e. The number of hydrogen-bond donors (Lipinski definition) is 3. The summed E-state index contributed by atoms with van der Waals surface area (Å²) in [6, 6.07) is -0.625. The van der Waals surface area contributed by atoms with E-state index >= 15 is 0 Å². The fraction of sp³-hybridized carbons (Fsp3) is 0.905. The zero-order chi connectivity index (χ0) is 64.9. The van der Waals surface area contributed by atoms with Gasteiger partial charge in [0.25, 0.3) is 0 Å². The van der Waals surface area contributed by atoms with Gasteiger partial charge in [-0.15, -0.1) is 0 Å². The van der Waals surface area contributed by atoms with E-state index < -0.39 is 12.1 Å². The van der Waals surface area contributed by atoms with Crippen molar-refractivity contribution in [2.24, 2.45) is 0 Å². The quantitative estimate of drug-likeness (QED) is 0.0320. The monoisotopic (exact) mass is 1260 g/mol. The molecule has 2 atom stereocenters. The molecule has 6 heteroatoms. The number of nitrogens with one attached hydrogen (secondary N) is 1. The van der Waals surface area contributed by atoms with Gasteiger partial charge in [0.2, 0.25) is 5.91 Å². The van der Waals surface area contributed by atoms with Gasteiger partial charge in [-0.1, -0.05) is 429 Å². The van der Waals surface area contributed by atoms with Crippen LogP contribution in [0, 0.1) is 0 Å². The maximum Gasteiger partial charge on any atom is 0.305 e. The minimum atomic E-state index is -0.843. The van der Waals surface area contributed by atoms with Gasteiger partial charge in [0, 0.05) is 12.8 Å². The number of carbonyl (C=O) groups is 2. The first kappa shape index (κ1) is 88.1. The molecule has 0 aromatic rings. The summed E-state index contributed by atoms with van der Waals surface area (Å²) in [7, 11) is 0. The Morgan fingerprint density at radius 3 is 0.889 bits per heavy atom. The van der Waals surface area contributed by atoms with Gasteiger partial charge in [-0.05, 0) is 57.8 Å². The molecule has 1 amide bonds. The van der Waals surface area contributed by atoms with E-state index in [0.717, 1.165) is 51.4 Å². The first-order valence-corrected chi connectivity index (χ1v) is 41.3. The number of ether oxygens (including phenoxy) is 1. The first-order valence-electron chi connectivity index (χ1n) is 41.3. The molecule has 0 bridgehead atoms. The number of carbonyl (C=O) groups excluding carboxylic acids is 2. The molecule has 0 aromatic carbocycles. The Hall–Kier alpha value is -1.92. The summed E-state index contributed by atoms with van der Waals surface area (Å²) in [4.78, 5) is 24.6. The van der Waals surface area contributed by atoms with Crippen LogP contribution in [-0.4, -0.2) is 47.4 Å². The van der Waals surface area contributed by atoms with Crippen molar-refractivity contribution < 1.29 is 24.5 Å². The van der Waals surface area contributed by atoms with Gasteiger partial charge in [-0.2, -0.15) is 0 Å². The first-order chi connectivity index (χ1) is 44.5. The summed E-state index contributed by atoms with van der Waals surface area (Å²) in [5, 5.41) is 23.3. The standard InChI is InChI=1S/C84H161NO5/c1-3-5-7-9-11-13-15-17-18-19-20-21-22-34-37-40-43-46-49-53-56-60-64-68-72-76-82(87)81(80-86)85-83(88)77-73-69-65-61-57-54-50-47-44-41-38-35-32-30-28-26-24-23-25-27-29-31-33-36-39-42-45-48-51-55-59-63-67-71-75-79-90-84(89)78-74-70-66-62-58-52-16-14-12-10-8-6-4-2/h8,10,14,16,72,76,81-82,86-87H,3-7,9,11-13,15,17-71,73-75,77-80H2,1-2H3,(H,85,88)/b10-8-,16-14-,76-72+. The summed E-state index contributed by atoms with van der Waals surface area (Å²) in [6.07, 6.45) is 104. The summed E-state index contributed by atoms with van der Waals surface area (Å²) < 4.78 is 5.48. The average molecular weight is 1270 g/mol. The number of aliphatic hydroxyl groups excluding tert-OH is 2. The zero-order valence-corrected chi connectivity index (χ0v) is 61.1. The molecule has 0 aliphatic heterocycles. The predicted octanol–water partition coefficient (Wildman–Crippen LogP) is 27.4. The molecular formula is C84H161NO5. The predicted molar refractivity (Wildman–Crippen MR) is 398 cm³/mol. The van der Waals surface area contributed by atoms with E-state index in [1.807, 2.05) is 6.08 Å². The molecule has 0 spiro atoms. The molecule has 0 saturated heterocycles. The van der Waals surface area contributed by atoms with Crippen LogP contribution in [0.2, 0.25) is 0 Å². The molecule has 0 heterocycles. The molecule has 0 fully saturated rings. The Morgan fingerprint density at radius 1 is 0.311 bits per heavy atom. The Bertz CT molecular complexity index is 1460. The normalized spacial score (nSPS) is 12.6. The van der Waals surface area contributed by atoms with Crippen LogP contribution in [0.3, 0.4) is 0 Å². The van der Waals surface area contributed by atoms with Gasteiger partial charge in [0.15, 0.2) is 0 Å². The Labute approximate surface area is 564 Å². The number of rotatable bonds is 78. The third kappa shape index (κ3) is 75.1. The third-order valence-corrected chi connectivity index (χ3v) is 19.4. The van der Waals surface area contributed by atoms with E-state index in [0.29, 0.717) is 19.4 Å². The fourth-order valence-corrected chi connectivity index (χ4v) is 13.2. The number of aliphatic hydroxyl groups is 2. The summed E-state index contributed by atoms with van der Waals surface area (Å²) in [5.74, 6) is -0.0497. The Kier molecular flexibility index (Phi) is 77.8. The van der Waals surface area contributed by atoms with Crippen LogP contribution in [-0.2, 0) is 14.3 Å². The van der Waals surface area contributed by atoms with Crippen LogP contribution >= 0.6 is 0 Å². The van der Waals surface area contributed by atoms with Gasteiger partial charge >= 0.3 is 5.97 Å². The molecule has 2 unspecified atom stereocenters. The highest BCUT2D eigenvalue weighted by atomic mass is 16.5. The topological polar surface area (TPSA) is 95.9 Å². The Balaban J connectivity index is 3.34. The van der Waals surface area contributed by atoms with Crippen molar-refractivity contribution in [2.45, 2.75) is 475 Å².